The van der Waals surface area contributed by atoms with Gasteiger partial charge in [-0.3, -0.25) is 4.79 Å². The van der Waals surface area contributed by atoms with Gasteiger partial charge in [0.25, 0.3) is 0 Å². The smallest absolute Gasteiger partial charge is 0.316 e. The summed E-state index contributed by atoms with van der Waals surface area (Å²) in [6.07, 6.45) is 4.43. The highest BCUT2D eigenvalue weighted by Gasteiger charge is 2.68. The summed E-state index contributed by atoms with van der Waals surface area (Å²) in [5, 5.41) is 0. The number of hydrogen-bond donors (Lipinski definition) is 0. The van der Waals surface area contributed by atoms with E-state index in [9.17, 15) is 4.79 Å². The van der Waals surface area contributed by atoms with Crippen LogP contribution in [0.4, 0.5) is 0 Å². The molecule has 0 spiro atoms. The van der Waals surface area contributed by atoms with Crippen LogP contribution in [0.5, 0.6) is 0 Å². The van der Waals surface area contributed by atoms with Crippen molar-refractivity contribution in [3.05, 3.63) is 71.8 Å². The van der Waals surface area contributed by atoms with Gasteiger partial charge in [0, 0.05) is 0 Å². The van der Waals surface area contributed by atoms with Crippen LogP contribution in [0.2, 0.25) is 0 Å². The molecule has 4 bridgehead atoms. The van der Waals surface area contributed by atoms with Crippen LogP contribution in [0.25, 0.3) is 11.1 Å². The Morgan fingerprint density at radius 3 is 1.81 bits per heavy atom. The minimum Gasteiger partial charge on any atom is -0.468 e. The number of ether oxygens (including phenoxy) is 1. The van der Waals surface area contributed by atoms with Gasteiger partial charge in [0.15, 0.2) is 0 Å². The molecule has 2 unspecified atom stereocenters. The van der Waals surface area contributed by atoms with Gasteiger partial charge in [-0.05, 0) is 65.2 Å². The van der Waals surface area contributed by atoms with Crippen molar-refractivity contribution in [3.63, 3.8) is 0 Å². The molecule has 27 heavy (non-hydrogen) atoms. The molecule has 2 heteroatoms. The molecule has 4 atom stereocenters. The van der Waals surface area contributed by atoms with Gasteiger partial charge in [-0.2, -0.15) is 0 Å². The summed E-state index contributed by atoms with van der Waals surface area (Å²) < 4.78 is 5.49. The van der Waals surface area contributed by atoms with Crippen molar-refractivity contribution in [1.82, 2.24) is 0 Å². The first kappa shape index (κ1) is 16.8. The van der Waals surface area contributed by atoms with Crippen LogP contribution >= 0.6 is 0 Å². The Kier molecular flexibility index (Phi) is 3.62. The van der Waals surface area contributed by atoms with Crippen LogP contribution in [0.1, 0.15) is 43.7 Å². The number of esters is 1. The molecule has 138 valence electrons. The van der Waals surface area contributed by atoms with Crippen molar-refractivity contribution in [1.29, 1.82) is 0 Å². The van der Waals surface area contributed by atoms with E-state index in [0.29, 0.717) is 11.8 Å². The van der Waals surface area contributed by atoms with Crippen molar-refractivity contribution < 1.29 is 9.53 Å². The van der Waals surface area contributed by atoms with Gasteiger partial charge in [-0.15, -0.1) is 0 Å². The summed E-state index contributed by atoms with van der Waals surface area (Å²) in [7, 11) is 1.56. The molecular weight excluding hydrogens is 332 g/mol. The van der Waals surface area contributed by atoms with E-state index in [1.807, 2.05) is 0 Å². The Morgan fingerprint density at radius 1 is 0.852 bits per heavy atom. The molecule has 0 aromatic heterocycles. The van der Waals surface area contributed by atoms with E-state index >= 15 is 0 Å². The first-order valence-corrected chi connectivity index (χ1v) is 10.1. The van der Waals surface area contributed by atoms with E-state index < -0.39 is 5.41 Å². The van der Waals surface area contributed by atoms with E-state index in [4.69, 9.17) is 4.74 Å². The number of benzene rings is 2. The second-order valence-electron chi connectivity index (χ2n) is 8.78. The maximum absolute atomic E-state index is 13.4. The Labute approximate surface area is 161 Å². The van der Waals surface area contributed by atoms with Crippen LogP contribution in [-0.2, 0) is 9.53 Å². The molecule has 2 saturated carbocycles. The van der Waals surface area contributed by atoms with Crippen LogP contribution in [0.3, 0.4) is 0 Å². The first-order chi connectivity index (χ1) is 13.1. The third-order valence-electron chi connectivity index (χ3n) is 7.46. The minimum atomic E-state index is -0.487. The van der Waals surface area contributed by atoms with Gasteiger partial charge < -0.3 is 4.74 Å². The zero-order valence-corrected chi connectivity index (χ0v) is 16.1. The van der Waals surface area contributed by atoms with Crippen LogP contribution in [0.15, 0.2) is 60.7 Å². The molecule has 2 nitrogen and oxygen atoms in total. The zero-order chi connectivity index (χ0) is 18.6. The third-order valence-corrected chi connectivity index (χ3v) is 7.46. The van der Waals surface area contributed by atoms with E-state index in [1.54, 1.807) is 7.11 Å². The number of carbonyl (C=O) groups excluding carboxylic acids is 1. The standard InChI is InChI=1S/C25H26O2/c1-24-15-19-13-14-20(16-24)25(19,23(26)27-2)22(18-11-7-4-8-12-18)21(24)17-9-5-3-6-10-17/h3-12,19-20H,13-16H2,1-2H3/t19-,20+,24?,25?. The quantitative estimate of drug-likeness (QED) is 0.668. The van der Waals surface area contributed by atoms with E-state index in [2.05, 4.69) is 67.6 Å². The fraction of sp³-hybridized carbons (Fsp3) is 0.400. The Bertz CT molecular complexity index is 896. The highest BCUT2D eigenvalue weighted by Crippen LogP contribution is 2.74. The zero-order valence-electron chi connectivity index (χ0n) is 16.1. The third kappa shape index (κ3) is 2.10. The van der Waals surface area contributed by atoms with Crippen LogP contribution in [-0.4, -0.2) is 13.1 Å². The normalized spacial score (nSPS) is 34.0. The average Bonchev–Trinajstić information content (AvgIpc) is 2.96. The van der Waals surface area contributed by atoms with Crippen molar-refractivity contribution in [2.45, 2.75) is 32.6 Å². The molecule has 0 radical (unpaired) electrons. The molecule has 2 aromatic rings. The largest absolute Gasteiger partial charge is 0.468 e. The highest BCUT2D eigenvalue weighted by molar-refractivity contribution is 6.07. The topological polar surface area (TPSA) is 26.3 Å². The second-order valence-corrected chi connectivity index (χ2v) is 8.78. The Hall–Kier alpha value is -2.35. The predicted molar refractivity (Wildman–Crippen MR) is 108 cm³/mol. The van der Waals surface area contributed by atoms with E-state index in [0.717, 1.165) is 25.7 Å². The van der Waals surface area contributed by atoms with Gasteiger partial charge in [0.05, 0.1) is 12.5 Å². The monoisotopic (exact) mass is 358 g/mol. The fourth-order valence-electron chi connectivity index (χ4n) is 6.70. The van der Waals surface area contributed by atoms with E-state index in [1.165, 1.54) is 22.3 Å². The summed E-state index contributed by atoms with van der Waals surface area (Å²) in [5.74, 6) is 0.747. The average molecular weight is 358 g/mol. The molecule has 4 aliphatic rings. The molecule has 0 N–H and O–H groups in total. The molecular formula is C25H26O2. The molecule has 0 heterocycles. The van der Waals surface area contributed by atoms with E-state index in [-0.39, 0.29) is 11.4 Å². The lowest BCUT2D eigenvalue weighted by molar-refractivity contribution is -0.157. The number of allylic oxidation sites excluding steroid dienone is 1. The van der Waals surface area contributed by atoms with Crippen molar-refractivity contribution >= 4 is 17.1 Å². The van der Waals surface area contributed by atoms with Gasteiger partial charge >= 0.3 is 5.97 Å². The van der Waals surface area contributed by atoms with Crippen molar-refractivity contribution in [2.24, 2.45) is 22.7 Å². The number of hydrogen-bond acceptors (Lipinski definition) is 2. The second kappa shape index (κ2) is 5.82. The summed E-state index contributed by atoms with van der Waals surface area (Å²) in [6, 6.07) is 21.3. The number of rotatable bonds is 3. The highest BCUT2D eigenvalue weighted by atomic mass is 16.5. The molecule has 0 aliphatic heterocycles. The molecule has 4 aliphatic carbocycles. The first-order valence-electron chi connectivity index (χ1n) is 10.1. The lowest BCUT2D eigenvalue weighted by Gasteiger charge is -2.57. The summed E-state index contributed by atoms with van der Waals surface area (Å²) in [4.78, 5) is 13.4. The Morgan fingerprint density at radius 2 is 1.33 bits per heavy atom. The molecule has 0 saturated heterocycles. The van der Waals surface area contributed by atoms with Crippen molar-refractivity contribution in [3.8, 4) is 0 Å². The van der Waals surface area contributed by atoms with Gasteiger partial charge in [-0.1, -0.05) is 67.6 Å². The lowest BCUT2D eigenvalue weighted by atomic mass is 9.45. The lowest BCUT2D eigenvalue weighted by Crippen LogP contribution is -2.53. The number of carbonyl (C=O) groups is 1. The molecule has 2 aromatic carbocycles. The Balaban J connectivity index is 1.89. The van der Waals surface area contributed by atoms with Gasteiger partial charge in [-0.25, -0.2) is 0 Å². The fourth-order valence-corrected chi connectivity index (χ4v) is 6.70. The minimum absolute atomic E-state index is 0.0240. The summed E-state index contributed by atoms with van der Waals surface area (Å²) in [5.41, 5.74) is 4.69. The molecule has 0 amide bonds. The summed E-state index contributed by atoms with van der Waals surface area (Å²) in [6.45, 7) is 2.42. The molecule has 2 fully saturated rings. The number of methoxy groups -OCH3 is 1. The SMILES string of the molecule is COC(=O)C12C(c3ccccc3)=C(c3ccccc3)C3(C)C[C@H]1CC[C@H]2C3. The maximum Gasteiger partial charge on any atom is 0.316 e. The van der Waals surface area contributed by atoms with Crippen LogP contribution in [0, 0.1) is 22.7 Å². The van der Waals surface area contributed by atoms with Crippen LogP contribution < -0.4 is 0 Å². The summed E-state index contributed by atoms with van der Waals surface area (Å²) >= 11 is 0. The van der Waals surface area contributed by atoms with Crippen molar-refractivity contribution in [2.75, 3.05) is 7.11 Å². The maximum atomic E-state index is 13.4. The van der Waals surface area contributed by atoms with Gasteiger partial charge in [0.2, 0.25) is 0 Å². The predicted octanol–water partition coefficient (Wildman–Crippen LogP) is 5.60. The molecule has 6 rings (SSSR count). The van der Waals surface area contributed by atoms with Gasteiger partial charge in [0.1, 0.15) is 0 Å².